The first-order valence-corrected chi connectivity index (χ1v) is 5.04. The molecule has 2 heterocycles. The highest BCUT2D eigenvalue weighted by atomic mass is 32.1. The smallest absolute Gasteiger partial charge is 0.339 e. The first kappa shape index (κ1) is 10.0. The fourth-order valence-electron chi connectivity index (χ4n) is 1.36. The number of thiol groups is 1. The molecule has 2 aromatic heterocycles. The van der Waals surface area contributed by atoms with Gasteiger partial charge in [-0.1, -0.05) is 0 Å². The van der Waals surface area contributed by atoms with E-state index in [-0.39, 0.29) is 5.97 Å². The lowest BCUT2D eigenvalue weighted by Gasteiger charge is -1.99. The van der Waals surface area contributed by atoms with Gasteiger partial charge in [0.05, 0.1) is 18.4 Å². The highest BCUT2D eigenvalue weighted by Crippen LogP contribution is 2.09. The molecule has 0 aromatic carbocycles. The molecule has 0 spiro atoms. The van der Waals surface area contributed by atoms with Crippen molar-refractivity contribution in [3.05, 3.63) is 35.8 Å². The number of nitrogens with zero attached hydrogens (tertiary/aromatic N) is 2. The van der Waals surface area contributed by atoms with Gasteiger partial charge < -0.3 is 9.14 Å². The van der Waals surface area contributed by atoms with Gasteiger partial charge in [-0.3, -0.25) is 0 Å². The highest BCUT2D eigenvalue weighted by molar-refractivity contribution is 7.79. The average molecular weight is 222 g/mol. The highest BCUT2D eigenvalue weighted by Gasteiger charge is 2.07. The van der Waals surface area contributed by atoms with Crippen molar-refractivity contribution in [1.29, 1.82) is 0 Å². The molecule has 0 aliphatic carbocycles. The molecule has 5 heteroatoms. The molecule has 0 N–H and O–H groups in total. The molecule has 0 aliphatic heterocycles. The molecule has 4 nitrogen and oxygen atoms in total. The number of rotatable bonds is 2. The molecule has 0 fully saturated rings. The molecular formula is C10H10N2O2S. The number of pyridine rings is 1. The van der Waals surface area contributed by atoms with Crippen LogP contribution < -0.4 is 0 Å². The summed E-state index contributed by atoms with van der Waals surface area (Å²) >= 11 is 4.14. The molecule has 0 amide bonds. The number of hydrogen-bond donors (Lipinski definition) is 1. The average Bonchev–Trinajstić information content (AvgIpc) is 2.69. The van der Waals surface area contributed by atoms with Crippen molar-refractivity contribution in [2.45, 2.75) is 5.75 Å². The SMILES string of the molecule is COC(=O)c1ccc2nc(CS)cn2c1. The maximum atomic E-state index is 11.3. The Bertz CT molecular complexity index is 507. The Kier molecular flexibility index (Phi) is 2.64. The zero-order chi connectivity index (χ0) is 10.8. The Balaban J connectivity index is 2.50. The van der Waals surface area contributed by atoms with Gasteiger partial charge in [0, 0.05) is 18.1 Å². The third kappa shape index (κ3) is 1.83. The fourth-order valence-corrected chi connectivity index (χ4v) is 1.51. The lowest BCUT2D eigenvalue weighted by molar-refractivity contribution is 0.0600. The Morgan fingerprint density at radius 2 is 2.33 bits per heavy atom. The number of hydrogen-bond acceptors (Lipinski definition) is 4. The van der Waals surface area contributed by atoms with Crippen LogP contribution in [0.3, 0.4) is 0 Å². The predicted octanol–water partition coefficient (Wildman–Crippen LogP) is 1.55. The van der Waals surface area contributed by atoms with Crippen molar-refractivity contribution in [2.24, 2.45) is 0 Å². The Labute approximate surface area is 92.3 Å². The van der Waals surface area contributed by atoms with Crippen molar-refractivity contribution in [3.8, 4) is 0 Å². The number of esters is 1. The summed E-state index contributed by atoms with van der Waals surface area (Å²) in [5.41, 5.74) is 2.18. The number of fused-ring (bicyclic) bond motifs is 1. The molecule has 0 atom stereocenters. The van der Waals surface area contributed by atoms with Gasteiger partial charge >= 0.3 is 5.97 Å². The molecular weight excluding hydrogens is 212 g/mol. The second-order valence-electron chi connectivity index (χ2n) is 3.07. The second-order valence-corrected chi connectivity index (χ2v) is 3.38. The van der Waals surface area contributed by atoms with Gasteiger partial charge in [0.25, 0.3) is 0 Å². The van der Waals surface area contributed by atoms with Crippen molar-refractivity contribution in [1.82, 2.24) is 9.38 Å². The molecule has 2 aromatic rings. The van der Waals surface area contributed by atoms with Crippen LogP contribution >= 0.6 is 12.6 Å². The van der Waals surface area contributed by atoms with Crippen molar-refractivity contribution in [3.63, 3.8) is 0 Å². The van der Waals surface area contributed by atoms with Crippen LogP contribution in [0, 0.1) is 0 Å². The van der Waals surface area contributed by atoms with Gasteiger partial charge in [-0.2, -0.15) is 12.6 Å². The molecule has 0 saturated carbocycles. The van der Waals surface area contributed by atoms with Crippen LogP contribution in [0.2, 0.25) is 0 Å². The van der Waals surface area contributed by atoms with E-state index < -0.39 is 0 Å². The first-order chi connectivity index (χ1) is 7.24. The summed E-state index contributed by atoms with van der Waals surface area (Å²) in [4.78, 5) is 15.6. The minimum Gasteiger partial charge on any atom is -0.465 e. The summed E-state index contributed by atoms with van der Waals surface area (Å²) < 4.78 is 6.42. The van der Waals surface area contributed by atoms with E-state index in [4.69, 9.17) is 0 Å². The lowest BCUT2D eigenvalue weighted by atomic mass is 10.3. The largest absolute Gasteiger partial charge is 0.465 e. The summed E-state index contributed by atoms with van der Waals surface area (Å²) in [5, 5.41) is 0. The molecule has 78 valence electrons. The van der Waals surface area contributed by atoms with Crippen molar-refractivity contribution >= 4 is 24.2 Å². The maximum Gasteiger partial charge on any atom is 0.339 e. The number of methoxy groups -OCH3 is 1. The van der Waals surface area contributed by atoms with Gasteiger partial charge in [-0.15, -0.1) is 0 Å². The number of carbonyl (C=O) groups excluding carboxylic acids is 1. The zero-order valence-corrected chi connectivity index (χ0v) is 9.07. The molecule has 2 rings (SSSR count). The monoisotopic (exact) mass is 222 g/mol. The molecule has 15 heavy (non-hydrogen) atoms. The number of imidazole rings is 1. The number of carbonyl (C=O) groups is 1. The maximum absolute atomic E-state index is 11.3. The molecule has 0 radical (unpaired) electrons. The minimum absolute atomic E-state index is 0.349. The van der Waals surface area contributed by atoms with Crippen LogP contribution in [0.5, 0.6) is 0 Å². The van der Waals surface area contributed by atoms with E-state index in [0.717, 1.165) is 11.3 Å². The first-order valence-electron chi connectivity index (χ1n) is 4.41. The summed E-state index contributed by atoms with van der Waals surface area (Å²) in [5.74, 6) is 0.230. The fraction of sp³-hybridized carbons (Fsp3) is 0.200. The van der Waals surface area contributed by atoms with Gasteiger partial charge in [-0.25, -0.2) is 9.78 Å². The second kappa shape index (κ2) is 3.94. The summed E-state index contributed by atoms with van der Waals surface area (Å²) in [6.07, 6.45) is 3.54. The van der Waals surface area contributed by atoms with Gasteiger partial charge in [-0.05, 0) is 12.1 Å². The Morgan fingerprint density at radius 1 is 1.53 bits per heavy atom. The normalized spacial score (nSPS) is 10.5. The molecule has 0 unspecified atom stereocenters. The summed E-state index contributed by atoms with van der Waals surface area (Å²) in [6.45, 7) is 0. The molecule has 0 saturated heterocycles. The van der Waals surface area contributed by atoms with Crippen LogP contribution in [-0.4, -0.2) is 22.5 Å². The lowest BCUT2D eigenvalue weighted by Crippen LogP contribution is -2.02. The van der Waals surface area contributed by atoms with Crippen LogP contribution in [0.4, 0.5) is 0 Å². The van der Waals surface area contributed by atoms with Crippen molar-refractivity contribution < 1.29 is 9.53 Å². The quantitative estimate of drug-likeness (QED) is 0.619. The van der Waals surface area contributed by atoms with E-state index in [1.165, 1.54) is 7.11 Å². The van der Waals surface area contributed by atoms with E-state index in [1.54, 1.807) is 22.7 Å². The van der Waals surface area contributed by atoms with Gasteiger partial charge in [0.2, 0.25) is 0 Å². The van der Waals surface area contributed by atoms with Crippen molar-refractivity contribution in [2.75, 3.05) is 7.11 Å². The van der Waals surface area contributed by atoms with E-state index in [2.05, 4.69) is 22.3 Å². The standard InChI is InChI=1S/C10H10N2O2S/c1-14-10(13)7-2-3-9-11-8(6-15)5-12(9)4-7/h2-5,15H,6H2,1H3. The minimum atomic E-state index is -0.349. The van der Waals surface area contributed by atoms with Gasteiger partial charge in [0.15, 0.2) is 0 Å². The third-order valence-electron chi connectivity index (χ3n) is 2.08. The number of ether oxygens (including phenoxy) is 1. The predicted molar refractivity (Wildman–Crippen MR) is 59.2 cm³/mol. The van der Waals surface area contributed by atoms with Crippen LogP contribution in [-0.2, 0) is 10.5 Å². The Hall–Kier alpha value is -1.49. The van der Waals surface area contributed by atoms with Gasteiger partial charge in [0.1, 0.15) is 5.65 Å². The van der Waals surface area contributed by atoms with E-state index in [0.29, 0.717) is 11.3 Å². The zero-order valence-electron chi connectivity index (χ0n) is 8.17. The summed E-state index contributed by atoms with van der Waals surface area (Å²) in [6, 6.07) is 3.47. The Morgan fingerprint density at radius 3 is 3.00 bits per heavy atom. The number of aromatic nitrogens is 2. The van der Waals surface area contributed by atoms with Crippen LogP contribution in [0.25, 0.3) is 5.65 Å². The summed E-state index contributed by atoms with van der Waals surface area (Å²) in [7, 11) is 1.36. The van der Waals surface area contributed by atoms with E-state index >= 15 is 0 Å². The van der Waals surface area contributed by atoms with Crippen LogP contribution in [0.1, 0.15) is 16.1 Å². The molecule has 0 bridgehead atoms. The topological polar surface area (TPSA) is 43.6 Å². The van der Waals surface area contributed by atoms with E-state index in [1.807, 2.05) is 6.20 Å². The van der Waals surface area contributed by atoms with E-state index in [9.17, 15) is 4.79 Å². The van der Waals surface area contributed by atoms with Crippen LogP contribution in [0.15, 0.2) is 24.5 Å². The molecule has 0 aliphatic rings. The third-order valence-corrected chi connectivity index (χ3v) is 2.41.